The quantitative estimate of drug-likeness (QED) is 0.451. The lowest BCUT2D eigenvalue weighted by atomic mass is 10.1. The molecule has 0 aliphatic carbocycles. The molecule has 0 atom stereocenters. The van der Waals surface area contributed by atoms with Crippen LogP contribution in [-0.2, 0) is 17.8 Å². The molecule has 0 bridgehead atoms. The number of hydrogen-bond acceptors (Lipinski definition) is 2. The molecule has 1 aromatic carbocycles. The number of rotatable bonds is 7. The topological polar surface area (TPSA) is 53.8 Å². The fourth-order valence-electron chi connectivity index (χ4n) is 3.93. The van der Waals surface area contributed by atoms with E-state index in [4.69, 9.17) is 0 Å². The highest BCUT2D eigenvalue weighted by atomic mass is 32.1. The third-order valence-electron chi connectivity index (χ3n) is 5.47. The van der Waals surface area contributed by atoms with Gasteiger partial charge in [-0.2, -0.15) is 0 Å². The Morgan fingerprint density at radius 2 is 1.89 bits per heavy atom. The number of nitrogens with one attached hydrogen (secondary N) is 4. The molecule has 1 amide bonds. The minimum atomic E-state index is 0.173. The molecule has 3 aromatic rings. The summed E-state index contributed by atoms with van der Waals surface area (Å²) in [5.74, 6) is 0.173. The molecule has 2 aromatic heterocycles. The van der Waals surface area contributed by atoms with Crippen molar-refractivity contribution in [2.24, 2.45) is 0 Å². The van der Waals surface area contributed by atoms with Crippen LogP contribution in [0.25, 0.3) is 10.9 Å². The summed E-state index contributed by atoms with van der Waals surface area (Å²) in [5, 5.41) is 6.50. The number of piperazine rings is 1. The van der Waals surface area contributed by atoms with Crippen molar-refractivity contribution in [1.29, 1.82) is 0 Å². The van der Waals surface area contributed by atoms with Crippen molar-refractivity contribution in [2.45, 2.75) is 13.0 Å². The maximum absolute atomic E-state index is 12.3. The van der Waals surface area contributed by atoms with E-state index in [-0.39, 0.29) is 5.91 Å². The number of fused-ring (bicyclic) bond motifs is 1. The largest absolute Gasteiger partial charge is 0.361 e. The van der Waals surface area contributed by atoms with E-state index in [1.54, 1.807) is 4.90 Å². The van der Waals surface area contributed by atoms with Gasteiger partial charge >= 0.3 is 0 Å². The molecule has 0 spiro atoms. The predicted octanol–water partition coefficient (Wildman–Crippen LogP) is -0.128. The fraction of sp³-hybridized carbons (Fsp3) is 0.381. The Bertz CT molecular complexity index is 865. The zero-order chi connectivity index (χ0) is 18.5. The van der Waals surface area contributed by atoms with Crippen LogP contribution in [0.15, 0.2) is 48.0 Å². The Balaban J connectivity index is 1.17. The van der Waals surface area contributed by atoms with E-state index in [0.717, 1.165) is 44.7 Å². The first-order valence-electron chi connectivity index (χ1n) is 9.79. The lowest BCUT2D eigenvalue weighted by Crippen LogP contribution is -3.28. The van der Waals surface area contributed by atoms with Gasteiger partial charge in [-0.25, -0.2) is 0 Å². The first-order chi connectivity index (χ1) is 13.3. The number of hydrogen-bond donors (Lipinski definition) is 4. The molecule has 1 saturated heterocycles. The smallest absolute Gasteiger partial charge is 0.275 e. The van der Waals surface area contributed by atoms with E-state index >= 15 is 0 Å². The SMILES string of the molecule is O=C(C[NH+]1CC[NH+](Cc2cccs2)CC1)NCCc1c[nH]c2ccccc12. The number of benzene rings is 1. The third kappa shape index (κ3) is 4.77. The molecule has 27 heavy (non-hydrogen) atoms. The average molecular weight is 385 g/mol. The second kappa shape index (κ2) is 8.69. The molecule has 0 radical (unpaired) electrons. The maximum atomic E-state index is 12.3. The van der Waals surface area contributed by atoms with Gasteiger partial charge < -0.3 is 20.1 Å². The number of H-pyrrole nitrogens is 1. The molecular formula is C21H28N4OS+2. The van der Waals surface area contributed by atoms with E-state index in [1.165, 1.54) is 20.7 Å². The number of aromatic nitrogens is 1. The molecule has 1 aliphatic rings. The minimum absolute atomic E-state index is 0.173. The summed E-state index contributed by atoms with van der Waals surface area (Å²) in [4.78, 5) is 20.1. The van der Waals surface area contributed by atoms with Gasteiger partial charge in [-0.1, -0.05) is 24.3 Å². The minimum Gasteiger partial charge on any atom is -0.361 e. The lowest BCUT2D eigenvalue weighted by molar-refractivity contribution is -1.01. The van der Waals surface area contributed by atoms with Gasteiger partial charge in [-0.3, -0.25) is 4.79 Å². The number of para-hydroxylation sites is 1. The van der Waals surface area contributed by atoms with Gasteiger partial charge in [0.1, 0.15) is 32.7 Å². The van der Waals surface area contributed by atoms with Crippen LogP contribution < -0.4 is 15.1 Å². The van der Waals surface area contributed by atoms with E-state index in [0.29, 0.717) is 13.1 Å². The first kappa shape index (κ1) is 18.2. The zero-order valence-electron chi connectivity index (χ0n) is 15.6. The van der Waals surface area contributed by atoms with Crippen molar-refractivity contribution in [3.05, 3.63) is 58.4 Å². The second-order valence-corrected chi connectivity index (χ2v) is 8.42. The highest BCUT2D eigenvalue weighted by Crippen LogP contribution is 2.17. The number of carbonyl (C=O) groups excluding carboxylic acids is 1. The Hall–Kier alpha value is -2.15. The molecular weight excluding hydrogens is 356 g/mol. The summed E-state index contributed by atoms with van der Waals surface area (Å²) in [6, 6.07) is 12.7. The van der Waals surface area contributed by atoms with Crippen molar-refractivity contribution < 1.29 is 14.6 Å². The number of thiophene rings is 1. The van der Waals surface area contributed by atoms with Gasteiger partial charge in [0, 0.05) is 23.6 Å². The van der Waals surface area contributed by atoms with Crippen molar-refractivity contribution in [1.82, 2.24) is 10.3 Å². The summed E-state index contributed by atoms with van der Waals surface area (Å²) >= 11 is 1.84. The summed E-state index contributed by atoms with van der Waals surface area (Å²) < 4.78 is 0. The molecule has 1 fully saturated rings. The Morgan fingerprint density at radius 3 is 2.70 bits per heavy atom. The van der Waals surface area contributed by atoms with Crippen molar-refractivity contribution in [3.63, 3.8) is 0 Å². The maximum Gasteiger partial charge on any atom is 0.275 e. The molecule has 6 heteroatoms. The Labute approximate surface area is 164 Å². The van der Waals surface area contributed by atoms with Crippen molar-refractivity contribution >= 4 is 28.1 Å². The van der Waals surface area contributed by atoms with Crippen LogP contribution in [0.1, 0.15) is 10.4 Å². The normalized spacial score (nSPS) is 20.0. The Kier molecular flexibility index (Phi) is 5.87. The van der Waals surface area contributed by atoms with E-state index in [9.17, 15) is 4.79 Å². The van der Waals surface area contributed by atoms with E-state index in [2.05, 4.69) is 52.2 Å². The number of quaternary nitrogens is 2. The first-order valence-corrected chi connectivity index (χ1v) is 10.7. The standard InChI is InChI=1S/C21H26N4OS/c26-21(22-8-7-17-14-23-20-6-2-1-5-19(17)20)16-25-11-9-24(10-12-25)15-18-4-3-13-27-18/h1-6,13-14,23H,7-12,15-16H2,(H,22,26)/p+2. The summed E-state index contributed by atoms with van der Waals surface area (Å²) in [7, 11) is 0. The second-order valence-electron chi connectivity index (χ2n) is 7.39. The number of carbonyl (C=O) groups is 1. The molecule has 5 nitrogen and oxygen atoms in total. The number of amides is 1. The highest BCUT2D eigenvalue weighted by molar-refractivity contribution is 7.09. The van der Waals surface area contributed by atoms with Crippen LogP contribution in [0, 0.1) is 0 Å². The van der Waals surface area contributed by atoms with E-state index in [1.807, 2.05) is 17.4 Å². The van der Waals surface area contributed by atoms with E-state index < -0.39 is 0 Å². The molecule has 0 saturated carbocycles. The molecule has 1 aliphatic heterocycles. The van der Waals surface area contributed by atoms with Crippen LogP contribution in [0.5, 0.6) is 0 Å². The van der Waals surface area contributed by atoms with Gasteiger partial charge in [-0.05, 0) is 29.5 Å². The molecule has 0 unspecified atom stereocenters. The third-order valence-corrected chi connectivity index (χ3v) is 6.35. The zero-order valence-corrected chi connectivity index (χ0v) is 16.4. The summed E-state index contributed by atoms with van der Waals surface area (Å²) in [6.45, 7) is 6.88. The fourth-order valence-corrected chi connectivity index (χ4v) is 4.71. The van der Waals surface area contributed by atoms with Crippen LogP contribution in [-0.4, -0.2) is 50.2 Å². The predicted molar refractivity (Wildman–Crippen MR) is 109 cm³/mol. The number of aromatic amines is 1. The van der Waals surface area contributed by atoms with Gasteiger partial charge in [-0.15, -0.1) is 11.3 Å². The molecule has 3 heterocycles. The van der Waals surface area contributed by atoms with Gasteiger partial charge in [0.2, 0.25) is 0 Å². The van der Waals surface area contributed by atoms with Gasteiger partial charge in [0.25, 0.3) is 5.91 Å². The highest BCUT2D eigenvalue weighted by Gasteiger charge is 2.24. The molecule has 4 rings (SSSR count). The molecule has 4 N–H and O–H groups in total. The lowest BCUT2D eigenvalue weighted by Gasteiger charge is -2.29. The monoisotopic (exact) mass is 384 g/mol. The van der Waals surface area contributed by atoms with Crippen LogP contribution in [0.4, 0.5) is 0 Å². The molecule has 142 valence electrons. The van der Waals surface area contributed by atoms with Crippen molar-refractivity contribution in [3.8, 4) is 0 Å². The van der Waals surface area contributed by atoms with Gasteiger partial charge in [0.05, 0.1) is 4.88 Å². The van der Waals surface area contributed by atoms with Crippen LogP contribution >= 0.6 is 11.3 Å². The van der Waals surface area contributed by atoms with Crippen LogP contribution in [0.2, 0.25) is 0 Å². The summed E-state index contributed by atoms with van der Waals surface area (Å²) in [6.07, 6.45) is 2.92. The average Bonchev–Trinajstić information content (AvgIpc) is 3.34. The van der Waals surface area contributed by atoms with Crippen molar-refractivity contribution in [2.75, 3.05) is 39.3 Å². The Morgan fingerprint density at radius 1 is 1.07 bits per heavy atom. The van der Waals surface area contributed by atoms with Crippen LogP contribution in [0.3, 0.4) is 0 Å². The summed E-state index contributed by atoms with van der Waals surface area (Å²) in [5.41, 5.74) is 2.43. The van der Waals surface area contributed by atoms with Gasteiger partial charge in [0.15, 0.2) is 6.54 Å².